The summed E-state index contributed by atoms with van der Waals surface area (Å²) in [4.78, 5) is 40.5. The van der Waals surface area contributed by atoms with Gasteiger partial charge in [0.1, 0.15) is 22.7 Å². The van der Waals surface area contributed by atoms with Crippen LogP contribution in [0.25, 0.3) is 0 Å². The van der Waals surface area contributed by atoms with Gasteiger partial charge >= 0.3 is 18.1 Å². The lowest BCUT2D eigenvalue weighted by atomic mass is 10.1. The molecule has 0 atom stereocenters. The summed E-state index contributed by atoms with van der Waals surface area (Å²) in [6.45, 7) is 10.1. The van der Waals surface area contributed by atoms with Crippen molar-refractivity contribution in [1.29, 1.82) is 0 Å². The van der Waals surface area contributed by atoms with Gasteiger partial charge in [-0.25, -0.2) is 9.59 Å². The number of hydrogen-bond acceptors (Lipinski definition) is 10. The molecule has 1 N–H and O–H groups in total. The van der Waals surface area contributed by atoms with Crippen LogP contribution in [0.3, 0.4) is 0 Å². The largest absolute Gasteiger partial charge is 0.493 e. The minimum atomic E-state index is -0.568. The van der Waals surface area contributed by atoms with E-state index in [0.29, 0.717) is 62.2 Å². The first-order valence-corrected chi connectivity index (χ1v) is 14.6. The van der Waals surface area contributed by atoms with Crippen LogP contribution >= 0.6 is 0 Å². The number of amides is 1. The molecule has 11 heteroatoms. The number of nitrogens with one attached hydrogen (secondary N) is 1. The zero-order chi connectivity index (χ0) is 29.7. The highest BCUT2D eigenvalue weighted by molar-refractivity contribution is 5.92. The number of rotatable bonds is 3. The summed E-state index contributed by atoms with van der Waals surface area (Å²) < 4.78 is 22.3. The Hall–Kier alpha value is -3.63. The Morgan fingerprint density at radius 2 is 1.73 bits per heavy atom. The van der Waals surface area contributed by atoms with Gasteiger partial charge in [0.05, 0.1) is 20.3 Å². The molecule has 4 bridgehead atoms. The third kappa shape index (κ3) is 11.0. The quantitative estimate of drug-likeness (QED) is 0.477. The average molecular weight is 572 g/mol. The molecular formula is C30H45N5O6. The van der Waals surface area contributed by atoms with E-state index in [2.05, 4.69) is 20.3 Å². The molecule has 1 aliphatic rings. The molecule has 226 valence electrons. The van der Waals surface area contributed by atoms with Gasteiger partial charge in [0.2, 0.25) is 5.95 Å². The number of benzene rings is 1. The summed E-state index contributed by atoms with van der Waals surface area (Å²) in [5.41, 5.74) is 0.612. The van der Waals surface area contributed by atoms with Crippen LogP contribution in [-0.2, 0) is 15.9 Å². The SMILES string of the molecule is CCOc1nc2nc(n1)NCCCCCCCCN(C(=O)OC(C)(C)C)CCCOc1cc(ccc1C(=O)OC)C2. The highest BCUT2D eigenvalue weighted by Gasteiger charge is 2.22. The molecule has 0 fully saturated rings. The number of fused-ring (bicyclic) bond motifs is 4. The molecule has 0 radical (unpaired) electrons. The second kappa shape index (κ2) is 16.0. The van der Waals surface area contributed by atoms with Crippen LogP contribution in [0, 0.1) is 0 Å². The molecule has 1 amide bonds. The highest BCUT2D eigenvalue weighted by atomic mass is 16.6. The van der Waals surface area contributed by atoms with Crippen molar-refractivity contribution in [3.05, 3.63) is 35.2 Å². The number of anilines is 1. The summed E-state index contributed by atoms with van der Waals surface area (Å²) in [5, 5.41) is 3.30. The molecule has 2 aromatic rings. The lowest BCUT2D eigenvalue weighted by molar-refractivity contribution is 0.0238. The second-order valence-corrected chi connectivity index (χ2v) is 11.0. The maximum absolute atomic E-state index is 12.9. The van der Waals surface area contributed by atoms with E-state index in [9.17, 15) is 9.59 Å². The third-order valence-electron chi connectivity index (χ3n) is 6.37. The Morgan fingerprint density at radius 3 is 2.46 bits per heavy atom. The van der Waals surface area contributed by atoms with Gasteiger partial charge in [0.25, 0.3) is 0 Å². The molecule has 0 unspecified atom stereocenters. The Bertz CT molecular complexity index is 1140. The Kier molecular flexibility index (Phi) is 12.4. The van der Waals surface area contributed by atoms with E-state index in [4.69, 9.17) is 18.9 Å². The number of ether oxygens (including phenoxy) is 4. The predicted octanol–water partition coefficient (Wildman–Crippen LogP) is 5.42. The van der Waals surface area contributed by atoms with E-state index >= 15 is 0 Å². The predicted molar refractivity (Wildman–Crippen MR) is 156 cm³/mol. The molecule has 0 aliphatic carbocycles. The summed E-state index contributed by atoms with van der Waals surface area (Å²) in [6, 6.07) is 5.59. The second-order valence-electron chi connectivity index (χ2n) is 11.0. The van der Waals surface area contributed by atoms with Crippen molar-refractivity contribution in [3.63, 3.8) is 0 Å². The number of nitrogens with zero attached hydrogens (tertiary/aromatic N) is 4. The summed E-state index contributed by atoms with van der Waals surface area (Å²) in [5.74, 6) is 0.940. The van der Waals surface area contributed by atoms with Gasteiger partial charge < -0.3 is 29.2 Å². The fourth-order valence-electron chi connectivity index (χ4n) is 4.40. The van der Waals surface area contributed by atoms with E-state index in [1.165, 1.54) is 7.11 Å². The van der Waals surface area contributed by atoms with Crippen LogP contribution in [-0.4, -0.2) is 77.5 Å². The number of methoxy groups -OCH3 is 1. The van der Waals surface area contributed by atoms with Gasteiger partial charge in [-0.15, -0.1) is 0 Å². The van der Waals surface area contributed by atoms with Crippen molar-refractivity contribution in [2.24, 2.45) is 0 Å². The topological polar surface area (TPSA) is 125 Å². The van der Waals surface area contributed by atoms with Crippen molar-refractivity contribution in [2.75, 3.05) is 45.3 Å². The van der Waals surface area contributed by atoms with Crippen LogP contribution < -0.4 is 14.8 Å². The van der Waals surface area contributed by atoms with Crippen LogP contribution in [0.15, 0.2) is 18.2 Å². The van der Waals surface area contributed by atoms with E-state index in [1.54, 1.807) is 17.0 Å². The first kappa shape index (κ1) is 31.9. The van der Waals surface area contributed by atoms with Gasteiger partial charge in [0, 0.05) is 26.1 Å². The van der Waals surface area contributed by atoms with Crippen molar-refractivity contribution in [3.8, 4) is 11.8 Å². The number of carbonyl (C=O) groups excluding carboxylic acids is 2. The van der Waals surface area contributed by atoms with Crippen molar-refractivity contribution in [1.82, 2.24) is 19.9 Å². The van der Waals surface area contributed by atoms with Crippen molar-refractivity contribution >= 4 is 18.0 Å². The van der Waals surface area contributed by atoms with Crippen molar-refractivity contribution < 1.29 is 28.5 Å². The number of esters is 1. The Labute approximate surface area is 243 Å². The average Bonchev–Trinajstić information content (AvgIpc) is 2.91. The summed E-state index contributed by atoms with van der Waals surface area (Å²) in [6.07, 6.45) is 6.88. The Balaban J connectivity index is 1.83. The van der Waals surface area contributed by atoms with Gasteiger partial charge in [-0.3, -0.25) is 0 Å². The van der Waals surface area contributed by atoms with E-state index in [1.807, 2.05) is 33.8 Å². The van der Waals surface area contributed by atoms with Gasteiger partial charge in [-0.1, -0.05) is 31.7 Å². The molecule has 1 aromatic carbocycles. The van der Waals surface area contributed by atoms with Gasteiger partial charge in [-0.2, -0.15) is 15.0 Å². The van der Waals surface area contributed by atoms with Crippen LogP contribution in [0.2, 0.25) is 0 Å². The van der Waals surface area contributed by atoms with Crippen LogP contribution in [0.1, 0.15) is 94.4 Å². The number of carbonyl (C=O) groups is 2. The fourth-order valence-corrected chi connectivity index (χ4v) is 4.40. The standard InChI is InChI=1S/C30H45N5O6/c1-6-39-28-33-25-21-22-14-15-23(26(36)38-5)24(20-22)40-19-13-18-35(29(37)41-30(2,3)4)17-12-10-8-7-9-11-16-31-27(32-25)34-28/h14-15,20H,6-13,16-19,21H2,1-5H3,(H,31,32,33,34). The van der Waals surface area contributed by atoms with E-state index in [-0.39, 0.29) is 12.1 Å². The molecule has 0 spiro atoms. The van der Waals surface area contributed by atoms with Gasteiger partial charge in [0.15, 0.2) is 0 Å². The molecule has 11 nitrogen and oxygen atoms in total. The first-order valence-electron chi connectivity index (χ1n) is 14.6. The van der Waals surface area contributed by atoms with Crippen LogP contribution in [0.5, 0.6) is 11.8 Å². The Morgan fingerprint density at radius 1 is 1.00 bits per heavy atom. The highest BCUT2D eigenvalue weighted by Crippen LogP contribution is 2.24. The normalized spacial score (nSPS) is 15.9. The maximum Gasteiger partial charge on any atom is 0.410 e. The molecule has 1 aromatic heterocycles. The molecular weight excluding hydrogens is 526 g/mol. The number of hydrogen-bond donors (Lipinski definition) is 1. The molecule has 2 heterocycles. The molecule has 0 saturated heterocycles. The summed E-state index contributed by atoms with van der Waals surface area (Å²) in [7, 11) is 1.34. The van der Waals surface area contributed by atoms with Gasteiger partial charge in [-0.05, 0) is 64.7 Å². The van der Waals surface area contributed by atoms with E-state index in [0.717, 1.165) is 50.6 Å². The molecule has 41 heavy (non-hydrogen) atoms. The van der Waals surface area contributed by atoms with Crippen molar-refractivity contribution in [2.45, 2.75) is 84.7 Å². The zero-order valence-corrected chi connectivity index (χ0v) is 25.2. The monoisotopic (exact) mass is 571 g/mol. The third-order valence-corrected chi connectivity index (χ3v) is 6.37. The zero-order valence-electron chi connectivity index (χ0n) is 25.2. The fraction of sp³-hybridized carbons (Fsp3) is 0.633. The minimum absolute atomic E-state index is 0.274. The van der Waals surface area contributed by atoms with Crippen LogP contribution in [0.4, 0.5) is 10.7 Å². The number of aromatic nitrogens is 3. The molecule has 0 saturated carbocycles. The first-order chi connectivity index (χ1) is 19.7. The smallest absolute Gasteiger partial charge is 0.410 e. The van der Waals surface area contributed by atoms with E-state index < -0.39 is 11.6 Å². The molecule has 1 aliphatic heterocycles. The minimum Gasteiger partial charge on any atom is -0.493 e. The molecule has 3 rings (SSSR count). The lowest BCUT2D eigenvalue weighted by Gasteiger charge is -2.27. The lowest BCUT2D eigenvalue weighted by Crippen LogP contribution is -2.38. The summed E-state index contributed by atoms with van der Waals surface area (Å²) >= 11 is 0. The maximum atomic E-state index is 12.9.